The molecule has 78 valence electrons. The fraction of sp³-hybridized carbons (Fsp3) is 0.455. The molecule has 1 unspecified atom stereocenters. The lowest BCUT2D eigenvalue weighted by Gasteiger charge is -2.14. The highest BCUT2D eigenvalue weighted by molar-refractivity contribution is 9.10. The van der Waals surface area contributed by atoms with E-state index in [0.717, 1.165) is 16.8 Å². The van der Waals surface area contributed by atoms with Gasteiger partial charge in [0.05, 0.1) is 0 Å². The molecule has 1 aromatic rings. The number of ether oxygens (including phenoxy) is 1. The number of hydrogen-bond donors (Lipinski definition) is 1. The Labute approximate surface area is 93.8 Å². The van der Waals surface area contributed by atoms with Gasteiger partial charge in [-0.2, -0.15) is 0 Å². The van der Waals surface area contributed by atoms with E-state index < -0.39 is 0 Å². The van der Waals surface area contributed by atoms with E-state index >= 15 is 0 Å². The van der Waals surface area contributed by atoms with E-state index in [-0.39, 0.29) is 6.10 Å². The van der Waals surface area contributed by atoms with Crippen LogP contribution in [0, 0.1) is 6.92 Å². The topological polar surface area (TPSA) is 21.3 Å². The van der Waals surface area contributed by atoms with Gasteiger partial charge in [0, 0.05) is 11.0 Å². The first-order chi connectivity index (χ1) is 6.63. The predicted molar refractivity (Wildman–Crippen MR) is 62.9 cm³/mol. The second-order valence-corrected chi connectivity index (χ2v) is 4.25. The van der Waals surface area contributed by atoms with Crippen molar-refractivity contribution in [2.75, 3.05) is 13.6 Å². The molecule has 14 heavy (non-hydrogen) atoms. The Morgan fingerprint density at radius 2 is 2.21 bits per heavy atom. The molecule has 0 fully saturated rings. The van der Waals surface area contributed by atoms with Crippen molar-refractivity contribution in [3.63, 3.8) is 0 Å². The van der Waals surface area contributed by atoms with Crippen LogP contribution in [0.15, 0.2) is 22.7 Å². The first-order valence-corrected chi connectivity index (χ1v) is 5.50. The maximum atomic E-state index is 5.71. The zero-order valence-electron chi connectivity index (χ0n) is 8.80. The fourth-order valence-corrected chi connectivity index (χ4v) is 1.50. The van der Waals surface area contributed by atoms with Gasteiger partial charge in [-0.3, -0.25) is 0 Å². The summed E-state index contributed by atoms with van der Waals surface area (Å²) in [5.41, 5.74) is 1.19. The summed E-state index contributed by atoms with van der Waals surface area (Å²) in [6.45, 7) is 4.96. The Balaban J connectivity index is 2.63. The minimum atomic E-state index is 0.195. The maximum Gasteiger partial charge on any atom is 0.120 e. The third-order valence-corrected chi connectivity index (χ3v) is 2.85. The number of likely N-dealkylation sites (N-methyl/N-ethyl adjacent to an activating group) is 1. The Bertz CT molecular complexity index is 301. The van der Waals surface area contributed by atoms with Gasteiger partial charge in [-0.15, -0.1) is 0 Å². The molecule has 1 aromatic carbocycles. The molecule has 0 radical (unpaired) electrons. The Morgan fingerprint density at radius 1 is 1.50 bits per heavy atom. The van der Waals surface area contributed by atoms with E-state index in [1.807, 2.05) is 32.2 Å². The van der Waals surface area contributed by atoms with Crippen LogP contribution in [-0.4, -0.2) is 19.7 Å². The van der Waals surface area contributed by atoms with Crippen molar-refractivity contribution in [1.82, 2.24) is 5.32 Å². The van der Waals surface area contributed by atoms with Gasteiger partial charge in [-0.05, 0) is 44.7 Å². The first-order valence-electron chi connectivity index (χ1n) is 4.71. The largest absolute Gasteiger partial charge is 0.489 e. The van der Waals surface area contributed by atoms with E-state index in [9.17, 15) is 0 Å². The predicted octanol–water partition coefficient (Wildman–Crippen LogP) is 2.74. The third kappa shape index (κ3) is 3.31. The number of rotatable bonds is 4. The van der Waals surface area contributed by atoms with E-state index in [2.05, 4.69) is 28.2 Å². The highest BCUT2D eigenvalue weighted by Gasteiger charge is 2.03. The number of nitrogens with one attached hydrogen (secondary N) is 1. The van der Waals surface area contributed by atoms with Crippen molar-refractivity contribution in [1.29, 1.82) is 0 Å². The lowest BCUT2D eigenvalue weighted by molar-refractivity contribution is 0.220. The van der Waals surface area contributed by atoms with Crippen LogP contribution in [-0.2, 0) is 0 Å². The van der Waals surface area contributed by atoms with Crippen LogP contribution >= 0.6 is 15.9 Å². The monoisotopic (exact) mass is 257 g/mol. The van der Waals surface area contributed by atoms with Gasteiger partial charge in [-0.25, -0.2) is 0 Å². The minimum Gasteiger partial charge on any atom is -0.489 e. The summed E-state index contributed by atoms with van der Waals surface area (Å²) in [6, 6.07) is 6.02. The molecule has 0 aromatic heterocycles. The van der Waals surface area contributed by atoms with Crippen LogP contribution < -0.4 is 10.1 Å². The van der Waals surface area contributed by atoms with Crippen molar-refractivity contribution in [3.05, 3.63) is 28.2 Å². The van der Waals surface area contributed by atoms with Crippen LogP contribution in [0.1, 0.15) is 12.5 Å². The lowest BCUT2D eigenvalue weighted by atomic mass is 10.2. The minimum absolute atomic E-state index is 0.195. The molecule has 1 N–H and O–H groups in total. The van der Waals surface area contributed by atoms with E-state index in [0.29, 0.717) is 0 Å². The first kappa shape index (κ1) is 11.5. The van der Waals surface area contributed by atoms with Gasteiger partial charge in [0.1, 0.15) is 11.9 Å². The highest BCUT2D eigenvalue weighted by Crippen LogP contribution is 2.22. The van der Waals surface area contributed by atoms with E-state index in [4.69, 9.17) is 4.74 Å². The number of aryl methyl sites for hydroxylation is 1. The molecule has 0 spiro atoms. The van der Waals surface area contributed by atoms with Crippen LogP contribution in [0.5, 0.6) is 5.75 Å². The Hall–Kier alpha value is -0.540. The molecule has 0 aliphatic rings. The van der Waals surface area contributed by atoms with Crippen molar-refractivity contribution < 1.29 is 4.74 Å². The summed E-state index contributed by atoms with van der Waals surface area (Å²) in [6.07, 6.45) is 0.195. The molecule has 0 saturated heterocycles. The normalized spacial score (nSPS) is 12.6. The molecular weight excluding hydrogens is 242 g/mol. The van der Waals surface area contributed by atoms with Crippen LogP contribution in [0.3, 0.4) is 0 Å². The molecule has 2 nitrogen and oxygen atoms in total. The number of halogens is 1. The number of hydrogen-bond acceptors (Lipinski definition) is 2. The SMILES string of the molecule is CNCC(C)Oc1ccc(Br)c(C)c1. The van der Waals surface area contributed by atoms with Crippen molar-refractivity contribution in [2.45, 2.75) is 20.0 Å². The standard InChI is InChI=1S/C11H16BrNO/c1-8-6-10(4-5-11(8)12)14-9(2)7-13-3/h4-6,9,13H,7H2,1-3H3. The average Bonchev–Trinajstić information content (AvgIpc) is 2.12. The van der Waals surface area contributed by atoms with Gasteiger partial charge < -0.3 is 10.1 Å². The molecule has 1 rings (SSSR count). The summed E-state index contributed by atoms with van der Waals surface area (Å²) in [7, 11) is 1.92. The van der Waals surface area contributed by atoms with E-state index in [1.165, 1.54) is 5.56 Å². The molecule has 0 bridgehead atoms. The fourth-order valence-electron chi connectivity index (χ4n) is 1.25. The van der Waals surface area contributed by atoms with Gasteiger partial charge in [0.2, 0.25) is 0 Å². The molecule has 0 saturated carbocycles. The molecule has 0 aliphatic heterocycles. The molecule has 0 heterocycles. The second kappa shape index (κ2) is 5.37. The molecule has 1 atom stereocenters. The smallest absolute Gasteiger partial charge is 0.120 e. The molecule has 0 aliphatic carbocycles. The molecule has 3 heteroatoms. The van der Waals surface area contributed by atoms with Crippen molar-refractivity contribution in [3.8, 4) is 5.75 Å². The van der Waals surface area contributed by atoms with Crippen LogP contribution in [0.4, 0.5) is 0 Å². The lowest BCUT2D eigenvalue weighted by Crippen LogP contribution is -2.25. The summed E-state index contributed by atoms with van der Waals surface area (Å²) < 4.78 is 6.82. The summed E-state index contributed by atoms with van der Waals surface area (Å²) in [5.74, 6) is 0.924. The van der Waals surface area contributed by atoms with Crippen molar-refractivity contribution >= 4 is 15.9 Å². The average molecular weight is 258 g/mol. The summed E-state index contributed by atoms with van der Waals surface area (Å²) in [5, 5.41) is 3.08. The van der Waals surface area contributed by atoms with Gasteiger partial charge in [0.15, 0.2) is 0 Å². The molecular formula is C11H16BrNO. The number of benzene rings is 1. The third-order valence-electron chi connectivity index (χ3n) is 1.96. The van der Waals surface area contributed by atoms with Gasteiger partial charge in [0.25, 0.3) is 0 Å². The molecule has 0 amide bonds. The van der Waals surface area contributed by atoms with Crippen LogP contribution in [0.2, 0.25) is 0 Å². The van der Waals surface area contributed by atoms with Crippen molar-refractivity contribution in [2.24, 2.45) is 0 Å². The van der Waals surface area contributed by atoms with E-state index in [1.54, 1.807) is 0 Å². The summed E-state index contributed by atoms with van der Waals surface area (Å²) >= 11 is 3.46. The summed E-state index contributed by atoms with van der Waals surface area (Å²) in [4.78, 5) is 0. The Morgan fingerprint density at radius 3 is 2.79 bits per heavy atom. The zero-order valence-corrected chi connectivity index (χ0v) is 10.4. The zero-order chi connectivity index (χ0) is 10.6. The van der Waals surface area contributed by atoms with Gasteiger partial charge in [-0.1, -0.05) is 15.9 Å². The quantitative estimate of drug-likeness (QED) is 0.896. The van der Waals surface area contributed by atoms with Crippen LogP contribution in [0.25, 0.3) is 0 Å². The highest BCUT2D eigenvalue weighted by atomic mass is 79.9. The Kier molecular flexibility index (Phi) is 4.42. The van der Waals surface area contributed by atoms with Gasteiger partial charge >= 0.3 is 0 Å². The second-order valence-electron chi connectivity index (χ2n) is 3.40. The maximum absolute atomic E-state index is 5.71.